The minimum Gasteiger partial charge on any atom is -0.480 e. The molecule has 8 heteroatoms. The fourth-order valence-corrected chi connectivity index (χ4v) is 2.90. The number of carboxylic acids is 1. The summed E-state index contributed by atoms with van der Waals surface area (Å²) in [6, 6.07) is -1.22. The lowest BCUT2D eigenvalue weighted by molar-refractivity contribution is -0.141. The van der Waals surface area contributed by atoms with Crippen LogP contribution < -0.4 is 4.72 Å². The molecule has 0 spiro atoms. The van der Waals surface area contributed by atoms with Gasteiger partial charge < -0.3 is 9.67 Å². The first-order chi connectivity index (χ1) is 8.45. The molecule has 0 radical (unpaired) electrons. The number of carbonyl (C=O) groups is 1. The standard InChI is InChI=1S/C11H19N3O4S/c1-7-12-8(6-14(7)5)19(17,18)13-9(10(15)16)11(2,3)4/h6,9,13H,1-5H3,(H,15,16). The normalized spacial score (nSPS) is 14.4. The highest BCUT2D eigenvalue weighted by Crippen LogP contribution is 2.21. The van der Waals surface area contributed by atoms with Gasteiger partial charge in [0.1, 0.15) is 11.9 Å². The largest absolute Gasteiger partial charge is 0.480 e. The Hall–Kier alpha value is -1.41. The zero-order valence-electron chi connectivity index (χ0n) is 11.6. The quantitative estimate of drug-likeness (QED) is 0.840. The van der Waals surface area contributed by atoms with Gasteiger partial charge in [-0.1, -0.05) is 20.8 Å². The third-order valence-corrected chi connectivity index (χ3v) is 4.04. The molecular formula is C11H19N3O4S. The van der Waals surface area contributed by atoms with Crippen molar-refractivity contribution in [2.24, 2.45) is 12.5 Å². The Balaban J connectivity index is 3.11. The van der Waals surface area contributed by atoms with Crippen molar-refractivity contribution >= 4 is 16.0 Å². The number of nitrogens with zero attached hydrogens (tertiary/aromatic N) is 2. The van der Waals surface area contributed by atoms with Gasteiger partial charge in [-0.3, -0.25) is 4.79 Å². The number of hydrogen-bond acceptors (Lipinski definition) is 4. The van der Waals surface area contributed by atoms with E-state index >= 15 is 0 Å². The molecule has 0 saturated carbocycles. The van der Waals surface area contributed by atoms with Crippen LogP contribution in [-0.2, 0) is 21.9 Å². The lowest BCUT2D eigenvalue weighted by atomic mass is 9.88. The van der Waals surface area contributed by atoms with E-state index in [1.54, 1.807) is 39.3 Å². The molecule has 0 aliphatic heterocycles. The summed E-state index contributed by atoms with van der Waals surface area (Å²) in [7, 11) is -2.29. The molecule has 19 heavy (non-hydrogen) atoms. The summed E-state index contributed by atoms with van der Waals surface area (Å²) in [5.41, 5.74) is -0.747. The topological polar surface area (TPSA) is 101 Å². The second-order valence-electron chi connectivity index (χ2n) is 5.50. The molecule has 1 rings (SSSR count). The molecule has 0 amide bonds. The minimum absolute atomic E-state index is 0.178. The summed E-state index contributed by atoms with van der Waals surface area (Å²) in [4.78, 5) is 15.1. The maximum Gasteiger partial charge on any atom is 0.322 e. The molecule has 1 unspecified atom stereocenters. The van der Waals surface area contributed by atoms with Crippen molar-refractivity contribution in [1.82, 2.24) is 14.3 Å². The molecule has 1 atom stereocenters. The van der Waals surface area contributed by atoms with Gasteiger partial charge in [0.15, 0.2) is 5.03 Å². The molecule has 0 aliphatic carbocycles. The maximum absolute atomic E-state index is 12.1. The Labute approximate surface area is 112 Å². The van der Waals surface area contributed by atoms with E-state index in [4.69, 9.17) is 5.11 Å². The number of aliphatic carboxylic acids is 1. The number of aromatic nitrogens is 2. The van der Waals surface area contributed by atoms with E-state index in [-0.39, 0.29) is 5.03 Å². The number of imidazole rings is 1. The molecule has 0 bridgehead atoms. The number of aryl methyl sites for hydroxylation is 2. The summed E-state index contributed by atoms with van der Waals surface area (Å²) in [6.45, 7) is 6.62. The van der Waals surface area contributed by atoms with Crippen LogP contribution in [0, 0.1) is 12.3 Å². The predicted molar refractivity (Wildman–Crippen MR) is 69.1 cm³/mol. The van der Waals surface area contributed by atoms with Gasteiger partial charge in [-0.2, -0.15) is 4.72 Å². The summed E-state index contributed by atoms with van der Waals surface area (Å²) >= 11 is 0. The van der Waals surface area contributed by atoms with Gasteiger partial charge in [0.25, 0.3) is 10.0 Å². The summed E-state index contributed by atoms with van der Waals surface area (Å²) in [5, 5.41) is 8.95. The van der Waals surface area contributed by atoms with Gasteiger partial charge in [-0.05, 0) is 12.3 Å². The van der Waals surface area contributed by atoms with Crippen LogP contribution in [0.4, 0.5) is 0 Å². The van der Waals surface area contributed by atoms with E-state index < -0.39 is 27.4 Å². The van der Waals surface area contributed by atoms with Crippen molar-refractivity contribution in [3.63, 3.8) is 0 Å². The van der Waals surface area contributed by atoms with Gasteiger partial charge in [0.05, 0.1) is 0 Å². The van der Waals surface area contributed by atoms with Crippen LogP contribution in [0.1, 0.15) is 26.6 Å². The summed E-state index contributed by atoms with van der Waals surface area (Å²) < 4.78 is 28.0. The van der Waals surface area contributed by atoms with E-state index in [1.807, 2.05) is 0 Å². The number of nitrogens with one attached hydrogen (secondary N) is 1. The first-order valence-electron chi connectivity index (χ1n) is 5.70. The summed E-state index contributed by atoms with van der Waals surface area (Å²) in [6.07, 6.45) is 1.35. The van der Waals surface area contributed by atoms with Crippen LogP contribution in [0.25, 0.3) is 0 Å². The molecule has 0 aliphatic rings. The van der Waals surface area contributed by atoms with Gasteiger partial charge >= 0.3 is 5.97 Å². The average Bonchev–Trinajstić information content (AvgIpc) is 2.55. The predicted octanol–water partition coefficient (Wildman–Crippen LogP) is 0.506. The van der Waals surface area contributed by atoms with Crippen molar-refractivity contribution in [2.45, 2.75) is 38.8 Å². The Kier molecular flexibility index (Phi) is 4.06. The second-order valence-corrected chi connectivity index (χ2v) is 7.16. The van der Waals surface area contributed by atoms with E-state index in [1.165, 1.54) is 6.20 Å². The number of carboxylic acid groups (broad SMARTS) is 1. The van der Waals surface area contributed by atoms with E-state index in [9.17, 15) is 13.2 Å². The second kappa shape index (κ2) is 4.93. The molecule has 108 valence electrons. The molecular weight excluding hydrogens is 270 g/mol. The molecule has 0 saturated heterocycles. The van der Waals surface area contributed by atoms with E-state index in [2.05, 4.69) is 9.71 Å². The fraction of sp³-hybridized carbons (Fsp3) is 0.636. The molecule has 0 aromatic carbocycles. The van der Waals surface area contributed by atoms with Gasteiger partial charge in [0, 0.05) is 13.2 Å². The van der Waals surface area contributed by atoms with Crippen LogP contribution in [0.15, 0.2) is 11.2 Å². The monoisotopic (exact) mass is 289 g/mol. The Morgan fingerprint density at radius 1 is 1.47 bits per heavy atom. The van der Waals surface area contributed by atoms with Crippen molar-refractivity contribution in [3.05, 3.63) is 12.0 Å². The van der Waals surface area contributed by atoms with Crippen molar-refractivity contribution < 1.29 is 18.3 Å². The molecule has 2 N–H and O–H groups in total. The molecule has 0 fully saturated rings. The van der Waals surface area contributed by atoms with Gasteiger partial charge in [0.2, 0.25) is 0 Å². The maximum atomic E-state index is 12.1. The Morgan fingerprint density at radius 3 is 2.32 bits per heavy atom. The smallest absolute Gasteiger partial charge is 0.322 e. The van der Waals surface area contributed by atoms with Crippen molar-refractivity contribution in [1.29, 1.82) is 0 Å². The zero-order valence-corrected chi connectivity index (χ0v) is 12.4. The first kappa shape index (κ1) is 15.6. The highest BCUT2D eigenvalue weighted by atomic mass is 32.2. The lowest BCUT2D eigenvalue weighted by Crippen LogP contribution is -2.49. The molecule has 1 aromatic heterocycles. The van der Waals surface area contributed by atoms with Crippen LogP contribution in [0.5, 0.6) is 0 Å². The van der Waals surface area contributed by atoms with Crippen LogP contribution in [0.3, 0.4) is 0 Å². The third kappa shape index (κ3) is 3.54. The number of sulfonamides is 1. The van der Waals surface area contributed by atoms with Crippen LogP contribution in [-0.4, -0.2) is 35.1 Å². The Morgan fingerprint density at radius 2 is 2.00 bits per heavy atom. The minimum atomic E-state index is -3.95. The highest BCUT2D eigenvalue weighted by molar-refractivity contribution is 7.89. The van der Waals surface area contributed by atoms with Gasteiger partial charge in [-0.25, -0.2) is 13.4 Å². The number of hydrogen-bond donors (Lipinski definition) is 2. The average molecular weight is 289 g/mol. The third-order valence-electron chi connectivity index (χ3n) is 2.75. The van der Waals surface area contributed by atoms with Crippen LogP contribution >= 0.6 is 0 Å². The van der Waals surface area contributed by atoms with Crippen molar-refractivity contribution in [2.75, 3.05) is 0 Å². The number of rotatable bonds is 4. The van der Waals surface area contributed by atoms with Crippen molar-refractivity contribution in [3.8, 4) is 0 Å². The zero-order chi connectivity index (χ0) is 15.0. The fourth-order valence-electron chi connectivity index (χ4n) is 1.47. The molecule has 1 heterocycles. The first-order valence-corrected chi connectivity index (χ1v) is 7.18. The van der Waals surface area contributed by atoms with E-state index in [0.29, 0.717) is 5.82 Å². The Bertz CT molecular complexity index is 564. The molecule has 7 nitrogen and oxygen atoms in total. The van der Waals surface area contributed by atoms with Crippen LogP contribution in [0.2, 0.25) is 0 Å². The summed E-state index contributed by atoms with van der Waals surface area (Å²) in [5.74, 6) is -0.688. The SMILES string of the molecule is Cc1nc(S(=O)(=O)NC(C(=O)O)C(C)(C)C)cn1C. The van der Waals surface area contributed by atoms with E-state index in [0.717, 1.165) is 0 Å². The highest BCUT2D eigenvalue weighted by Gasteiger charge is 2.36. The lowest BCUT2D eigenvalue weighted by Gasteiger charge is -2.27. The molecule has 1 aromatic rings. The van der Waals surface area contributed by atoms with Gasteiger partial charge in [-0.15, -0.1) is 0 Å².